The van der Waals surface area contributed by atoms with Crippen molar-refractivity contribution in [1.82, 2.24) is 15.1 Å². The lowest BCUT2D eigenvalue weighted by Crippen LogP contribution is -2.36. The number of nitrogens with zero attached hydrogens (tertiary/aromatic N) is 2. The molecular formula is C10H16F2N4O2. The van der Waals surface area contributed by atoms with Crippen LogP contribution in [-0.2, 0) is 16.6 Å². The number of carbonyl (C=O) groups excluding carboxylic acids is 1. The fraction of sp³-hybridized carbons (Fsp3) is 0.600. The SMILES string of the molecule is Cn1cc(C(N)C(=O)NCCOCC(F)F)cn1. The van der Waals surface area contributed by atoms with Crippen molar-refractivity contribution in [2.75, 3.05) is 19.8 Å². The predicted molar refractivity (Wildman–Crippen MR) is 60.0 cm³/mol. The molecule has 0 saturated carbocycles. The van der Waals surface area contributed by atoms with E-state index in [1.165, 1.54) is 10.9 Å². The van der Waals surface area contributed by atoms with Crippen LogP contribution < -0.4 is 11.1 Å². The Morgan fingerprint density at radius 1 is 1.67 bits per heavy atom. The number of alkyl halides is 2. The molecule has 0 aliphatic heterocycles. The van der Waals surface area contributed by atoms with Gasteiger partial charge in [-0.1, -0.05) is 0 Å². The number of carbonyl (C=O) groups is 1. The van der Waals surface area contributed by atoms with Crippen LogP contribution in [0, 0.1) is 0 Å². The summed E-state index contributed by atoms with van der Waals surface area (Å²) in [6.07, 6.45) is 0.632. The minimum Gasteiger partial charge on any atom is -0.374 e. The van der Waals surface area contributed by atoms with Crippen molar-refractivity contribution in [3.05, 3.63) is 18.0 Å². The van der Waals surface area contributed by atoms with Gasteiger partial charge in [-0.15, -0.1) is 0 Å². The van der Waals surface area contributed by atoms with Crippen molar-refractivity contribution in [3.8, 4) is 0 Å². The highest BCUT2D eigenvalue weighted by Gasteiger charge is 2.16. The first kappa shape index (κ1) is 14.5. The maximum atomic E-state index is 11.7. The maximum Gasteiger partial charge on any atom is 0.261 e. The van der Waals surface area contributed by atoms with Gasteiger partial charge in [0.15, 0.2) is 0 Å². The van der Waals surface area contributed by atoms with E-state index in [1.807, 2.05) is 0 Å². The topological polar surface area (TPSA) is 82.2 Å². The summed E-state index contributed by atoms with van der Waals surface area (Å²) in [6.45, 7) is -0.472. The molecule has 1 amide bonds. The first-order chi connectivity index (χ1) is 8.50. The molecule has 18 heavy (non-hydrogen) atoms. The quantitative estimate of drug-likeness (QED) is 0.668. The average molecular weight is 262 g/mol. The van der Waals surface area contributed by atoms with Crippen LogP contribution in [0.4, 0.5) is 8.78 Å². The van der Waals surface area contributed by atoms with E-state index in [0.29, 0.717) is 5.56 Å². The van der Waals surface area contributed by atoms with Crippen molar-refractivity contribution in [1.29, 1.82) is 0 Å². The van der Waals surface area contributed by atoms with Gasteiger partial charge in [-0.2, -0.15) is 5.10 Å². The van der Waals surface area contributed by atoms with Crippen molar-refractivity contribution >= 4 is 5.91 Å². The normalized spacial score (nSPS) is 12.7. The molecule has 0 fully saturated rings. The fourth-order valence-electron chi connectivity index (χ4n) is 1.28. The lowest BCUT2D eigenvalue weighted by Gasteiger charge is -2.10. The van der Waals surface area contributed by atoms with Crippen molar-refractivity contribution in [2.45, 2.75) is 12.5 Å². The minimum atomic E-state index is -2.50. The Labute approximate surface area is 103 Å². The second-order valence-electron chi connectivity index (χ2n) is 3.68. The van der Waals surface area contributed by atoms with Gasteiger partial charge in [0.25, 0.3) is 6.43 Å². The molecule has 1 heterocycles. The number of nitrogens with one attached hydrogen (secondary N) is 1. The minimum absolute atomic E-state index is 0.0237. The van der Waals surface area contributed by atoms with E-state index >= 15 is 0 Å². The number of rotatable bonds is 7. The first-order valence-corrected chi connectivity index (χ1v) is 5.38. The van der Waals surface area contributed by atoms with Gasteiger partial charge in [-0.05, 0) is 0 Å². The second-order valence-corrected chi connectivity index (χ2v) is 3.68. The molecule has 0 aliphatic carbocycles. The van der Waals surface area contributed by atoms with E-state index in [4.69, 9.17) is 5.73 Å². The van der Waals surface area contributed by atoms with Crippen LogP contribution in [0.3, 0.4) is 0 Å². The van der Waals surface area contributed by atoms with E-state index in [9.17, 15) is 13.6 Å². The fourth-order valence-corrected chi connectivity index (χ4v) is 1.28. The molecule has 0 radical (unpaired) electrons. The van der Waals surface area contributed by atoms with Gasteiger partial charge in [0.1, 0.15) is 12.6 Å². The summed E-state index contributed by atoms with van der Waals surface area (Å²) in [6, 6.07) is -0.825. The monoisotopic (exact) mass is 262 g/mol. The van der Waals surface area contributed by atoms with E-state index in [0.717, 1.165) is 0 Å². The molecule has 0 bridgehead atoms. The maximum absolute atomic E-state index is 11.7. The van der Waals surface area contributed by atoms with Crippen LogP contribution in [-0.4, -0.2) is 41.9 Å². The van der Waals surface area contributed by atoms with Gasteiger partial charge in [0, 0.05) is 25.4 Å². The summed E-state index contributed by atoms with van der Waals surface area (Å²) >= 11 is 0. The molecule has 0 aliphatic rings. The summed E-state index contributed by atoms with van der Waals surface area (Å²) < 4.78 is 29.6. The van der Waals surface area contributed by atoms with Crippen LogP contribution in [0.5, 0.6) is 0 Å². The number of hydrogen-bond acceptors (Lipinski definition) is 4. The van der Waals surface area contributed by atoms with E-state index < -0.39 is 25.0 Å². The number of nitrogens with two attached hydrogens (primary N) is 1. The summed E-state index contributed by atoms with van der Waals surface area (Å²) in [4.78, 5) is 11.6. The second kappa shape index (κ2) is 7.02. The lowest BCUT2D eigenvalue weighted by atomic mass is 10.1. The van der Waals surface area contributed by atoms with Crippen molar-refractivity contribution in [3.63, 3.8) is 0 Å². The Morgan fingerprint density at radius 3 is 2.94 bits per heavy atom. The van der Waals surface area contributed by atoms with Gasteiger partial charge < -0.3 is 15.8 Å². The molecule has 1 atom stereocenters. The number of ether oxygens (including phenoxy) is 1. The van der Waals surface area contributed by atoms with Gasteiger partial charge in [0.05, 0.1) is 12.8 Å². The lowest BCUT2D eigenvalue weighted by molar-refractivity contribution is -0.122. The summed E-state index contributed by atoms with van der Waals surface area (Å²) in [5.74, 6) is -0.399. The van der Waals surface area contributed by atoms with E-state index in [2.05, 4.69) is 15.2 Å². The molecule has 0 aromatic carbocycles. The highest BCUT2D eigenvalue weighted by Crippen LogP contribution is 2.07. The Bertz CT molecular complexity index is 384. The van der Waals surface area contributed by atoms with Crippen LogP contribution >= 0.6 is 0 Å². The van der Waals surface area contributed by atoms with E-state index in [-0.39, 0.29) is 13.2 Å². The highest BCUT2D eigenvalue weighted by molar-refractivity contribution is 5.82. The Morgan fingerprint density at radius 2 is 2.39 bits per heavy atom. The zero-order chi connectivity index (χ0) is 13.5. The predicted octanol–water partition coefficient (Wildman–Crippen LogP) is -0.182. The number of aryl methyl sites for hydroxylation is 1. The van der Waals surface area contributed by atoms with Crippen molar-refractivity contribution in [2.24, 2.45) is 12.8 Å². The summed E-state index contributed by atoms with van der Waals surface area (Å²) in [5, 5.41) is 6.39. The van der Waals surface area contributed by atoms with E-state index in [1.54, 1.807) is 13.2 Å². The van der Waals surface area contributed by atoms with Gasteiger partial charge in [-0.25, -0.2) is 8.78 Å². The number of halogens is 2. The molecule has 1 aromatic heterocycles. The molecule has 0 saturated heterocycles. The first-order valence-electron chi connectivity index (χ1n) is 5.38. The zero-order valence-electron chi connectivity index (χ0n) is 9.97. The van der Waals surface area contributed by atoms with Crippen LogP contribution in [0.2, 0.25) is 0 Å². The largest absolute Gasteiger partial charge is 0.374 e. The Hall–Kier alpha value is -1.54. The van der Waals surface area contributed by atoms with Gasteiger partial charge >= 0.3 is 0 Å². The Kier molecular flexibility index (Phi) is 5.66. The molecule has 0 spiro atoms. The average Bonchev–Trinajstić information content (AvgIpc) is 2.73. The van der Waals surface area contributed by atoms with Gasteiger partial charge in [-0.3, -0.25) is 9.48 Å². The molecule has 1 aromatic rings. The van der Waals surface area contributed by atoms with Crippen LogP contribution in [0.25, 0.3) is 0 Å². The van der Waals surface area contributed by atoms with Gasteiger partial charge in [0.2, 0.25) is 5.91 Å². The summed E-state index contributed by atoms with van der Waals surface area (Å²) in [7, 11) is 1.71. The van der Waals surface area contributed by atoms with Crippen molar-refractivity contribution < 1.29 is 18.3 Å². The molecule has 1 unspecified atom stereocenters. The standard InChI is InChI=1S/C10H16F2N4O2/c1-16-5-7(4-15-16)9(13)10(17)14-2-3-18-6-8(11)12/h4-5,8-9H,2-3,6,13H2,1H3,(H,14,17). The third kappa shape index (κ3) is 4.76. The zero-order valence-corrected chi connectivity index (χ0v) is 9.97. The third-order valence-corrected chi connectivity index (χ3v) is 2.16. The molecule has 1 rings (SSSR count). The summed E-state index contributed by atoms with van der Waals surface area (Å²) in [5.41, 5.74) is 6.28. The number of aromatic nitrogens is 2. The van der Waals surface area contributed by atoms with Crippen LogP contribution in [0.1, 0.15) is 11.6 Å². The third-order valence-electron chi connectivity index (χ3n) is 2.16. The molecule has 102 valence electrons. The Balaban J connectivity index is 2.24. The number of hydrogen-bond donors (Lipinski definition) is 2. The highest BCUT2D eigenvalue weighted by atomic mass is 19.3. The number of amides is 1. The molecular weight excluding hydrogens is 246 g/mol. The molecule has 3 N–H and O–H groups in total. The molecule has 8 heteroatoms. The smallest absolute Gasteiger partial charge is 0.261 e. The van der Waals surface area contributed by atoms with Crippen LogP contribution in [0.15, 0.2) is 12.4 Å². The molecule has 6 nitrogen and oxygen atoms in total.